The summed E-state index contributed by atoms with van der Waals surface area (Å²) in [5.41, 5.74) is 1.31. The van der Waals surface area contributed by atoms with Crippen molar-refractivity contribution in [3.8, 4) is 0 Å². The van der Waals surface area contributed by atoms with Crippen molar-refractivity contribution in [2.75, 3.05) is 45.2 Å². The van der Waals surface area contributed by atoms with E-state index in [4.69, 9.17) is 0 Å². The highest BCUT2D eigenvalue weighted by Crippen LogP contribution is 2.19. The summed E-state index contributed by atoms with van der Waals surface area (Å²) >= 11 is 0. The van der Waals surface area contributed by atoms with Crippen LogP contribution in [0.25, 0.3) is 0 Å². The molecular weight excluding hydrogens is 224 g/mol. The number of anilines is 1. The van der Waals surface area contributed by atoms with Crippen LogP contribution in [0.4, 0.5) is 5.82 Å². The molecule has 1 unspecified atom stereocenters. The van der Waals surface area contributed by atoms with Gasteiger partial charge in [-0.2, -0.15) is 0 Å². The zero-order chi connectivity index (χ0) is 13.0. The van der Waals surface area contributed by atoms with Crippen LogP contribution >= 0.6 is 0 Å². The Kier molecular flexibility index (Phi) is 4.55. The average molecular weight is 248 g/mol. The number of likely N-dealkylation sites (N-methyl/N-ethyl adjacent to an activating group) is 1. The van der Waals surface area contributed by atoms with Crippen molar-refractivity contribution in [3.63, 3.8) is 0 Å². The zero-order valence-corrected chi connectivity index (χ0v) is 11.7. The van der Waals surface area contributed by atoms with E-state index in [-0.39, 0.29) is 0 Å². The molecule has 1 aliphatic rings. The fraction of sp³-hybridized carbons (Fsp3) is 0.643. The number of aromatic nitrogens is 1. The summed E-state index contributed by atoms with van der Waals surface area (Å²) in [5, 5.41) is 3.28. The van der Waals surface area contributed by atoms with Gasteiger partial charge in [-0.25, -0.2) is 4.98 Å². The van der Waals surface area contributed by atoms with Gasteiger partial charge in [-0.3, -0.25) is 0 Å². The monoisotopic (exact) mass is 248 g/mol. The zero-order valence-electron chi connectivity index (χ0n) is 11.7. The average Bonchev–Trinajstić information content (AvgIpc) is 2.63. The first kappa shape index (κ1) is 13.3. The molecule has 18 heavy (non-hydrogen) atoms. The van der Waals surface area contributed by atoms with Gasteiger partial charge in [0.15, 0.2) is 0 Å². The summed E-state index contributed by atoms with van der Waals surface area (Å²) in [4.78, 5) is 9.31. The molecule has 4 heteroatoms. The van der Waals surface area contributed by atoms with E-state index in [0.29, 0.717) is 6.04 Å². The SMILES string of the molecule is CNC(C)c1ccnc(N2CCCN(C)CC2)c1. The van der Waals surface area contributed by atoms with Gasteiger partial charge in [0.1, 0.15) is 5.82 Å². The normalized spacial score (nSPS) is 19.6. The molecule has 1 aromatic rings. The van der Waals surface area contributed by atoms with Gasteiger partial charge in [0, 0.05) is 31.9 Å². The minimum atomic E-state index is 0.376. The molecule has 2 rings (SSSR count). The van der Waals surface area contributed by atoms with Crippen molar-refractivity contribution in [3.05, 3.63) is 23.9 Å². The van der Waals surface area contributed by atoms with Gasteiger partial charge < -0.3 is 15.1 Å². The molecule has 1 N–H and O–H groups in total. The molecule has 2 heterocycles. The second kappa shape index (κ2) is 6.16. The lowest BCUT2D eigenvalue weighted by molar-refractivity contribution is 0.360. The van der Waals surface area contributed by atoms with Crippen LogP contribution in [0.2, 0.25) is 0 Å². The summed E-state index contributed by atoms with van der Waals surface area (Å²) in [7, 11) is 4.18. The Hall–Kier alpha value is -1.13. The second-order valence-corrected chi connectivity index (χ2v) is 5.10. The predicted octanol–water partition coefficient (Wildman–Crippen LogP) is 1.50. The maximum Gasteiger partial charge on any atom is 0.128 e. The molecule has 1 aliphatic heterocycles. The van der Waals surface area contributed by atoms with E-state index in [9.17, 15) is 0 Å². The van der Waals surface area contributed by atoms with E-state index < -0.39 is 0 Å². The predicted molar refractivity (Wildman–Crippen MR) is 76.0 cm³/mol. The van der Waals surface area contributed by atoms with Gasteiger partial charge in [0.2, 0.25) is 0 Å². The molecule has 1 fully saturated rings. The third kappa shape index (κ3) is 3.21. The van der Waals surface area contributed by atoms with Crippen LogP contribution in [0.15, 0.2) is 18.3 Å². The van der Waals surface area contributed by atoms with E-state index in [2.05, 4.69) is 46.2 Å². The third-order valence-corrected chi connectivity index (χ3v) is 3.75. The van der Waals surface area contributed by atoms with Crippen molar-refractivity contribution < 1.29 is 0 Å². The Labute approximate surface area is 110 Å². The minimum Gasteiger partial charge on any atom is -0.355 e. The summed E-state index contributed by atoms with van der Waals surface area (Å²) in [6, 6.07) is 4.68. The number of nitrogens with zero attached hydrogens (tertiary/aromatic N) is 3. The van der Waals surface area contributed by atoms with Gasteiger partial charge in [0.25, 0.3) is 0 Å². The smallest absolute Gasteiger partial charge is 0.128 e. The Morgan fingerprint density at radius 1 is 1.28 bits per heavy atom. The lowest BCUT2D eigenvalue weighted by Crippen LogP contribution is -2.29. The third-order valence-electron chi connectivity index (χ3n) is 3.75. The first-order chi connectivity index (χ1) is 8.70. The molecule has 0 aromatic carbocycles. The van der Waals surface area contributed by atoms with Crippen LogP contribution in [0, 0.1) is 0 Å². The molecule has 0 spiro atoms. The fourth-order valence-corrected chi connectivity index (χ4v) is 2.32. The molecule has 4 nitrogen and oxygen atoms in total. The summed E-state index contributed by atoms with van der Waals surface area (Å²) in [6.45, 7) is 6.65. The van der Waals surface area contributed by atoms with Gasteiger partial charge in [-0.1, -0.05) is 0 Å². The molecule has 1 atom stereocenters. The molecule has 0 amide bonds. The van der Waals surface area contributed by atoms with Crippen molar-refractivity contribution in [2.24, 2.45) is 0 Å². The number of nitrogens with one attached hydrogen (secondary N) is 1. The fourth-order valence-electron chi connectivity index (χ4n) is 2.32. The van der Waals surface area contributed by atoms with Crippen LogP contribution in [0.5, 0.6) is 0 Å². The Balaban J connectivity index is 2.12. The van der Waals surface area contributed by atoms with E-state index in [1.807, 2.05) is 13.2 Å². The summed E-state index contributed by atoms with van der Waals surface area (Å²) < 4.78 is 0. The number of hydrogen-bond donors (Lipinski definition) is 1. The maximum atomic E-state index is 4.53. The van der Waals surface area contributed by atoms with E-state index >= 15 is 0 Å². The van der Waals surface area contributed by atoms with Crippen molar-refractivity contribution in [2.45, 2.75) is 19.4 Å². The topological polar surface area (TPSA) is 31.4 Å². The minimum absolute atomic E-state index is 0.376. The van der Waals surface area contributed by atoms with Crippen LogP contribution in [-0.2, 0) is 0 Å². The number of rotatable bonds is 3. The quantitative estimate of drug-likeness (QED) is 0.878. The Morgan fingerprint density at radius 3 is 2.89 bits per heavy atom. The highest BCUT2D eigenvalue weighted by atomic mass is 15.2. The van der Waals surface area contributed by atoms with E-state index in [0.717, 1.165) is 25.5 Å². The lowest BCUT2D eigenvalue weighted by Gasteiger charge is -2.23. The highest BCUT2D eigenvalue weighted by Gasteiger charge is 2.14. The molecular formula is C14H24N4. The van der Waals surface area contributed by atoms with Crippen LogP contribution in [-0.4, -0.2) is 50.2 Å². The molecule has 0 aliphatic carbocycles. The number of pyridine rings is 1. The summed E-state index contributed by atoms with van der Waals surface area (Å²) in [6.07, 6.45) is 3.14. The molecule has 1 aromatic heterocycles. The largest absolute Gasteiger partial charge is 0.355 e. The lowest BCUT2D eigenvalue weighted by atomic mass is 10.1. The van der Waals surface area contributed by atoms with Gasteiger partial charge >= 0.3 is 0 Å². The van der Waals surface area contributed by atoms with Crippen molar-refractivity contribution >= 4 is 5.82 Å². The van der Waals surface area contributed by atoms with Crippen LogP contribution in [0.1, 0.15) is 24.9 Å². The summed E-state index contributed by atoms with van der Waals surface area (Å²) in [5.74, 6) is 1.12. The Bertz CT molecular complexity index is 380. The van der Waals surface area contributed by atoms with E-state index in [1.54, 1.807) is 0 Å². The van der Waals surface area contributed by atoms with Crippen LogP contribution in [0.3, 0.4) is 0 Å². The molecule has 0 bridgehead atoms. The Morgan fingerprint density at radius 2 is 2.11 bits per heavy atom. The highest BCUT2D eigenvalue weighted by molar-refractivity contribution is 5.42. The maximum absolute atomic E-state index is 4.53. The van der Waals surface area contributed by atoms with Gasteiger partial charge in [-0.15, -0.1) is 0 Å². The van der Waals surface area contributed by atoms with Gasteiger partial charge in [-0.05, 0) is 51.7 Å². The second-order valence-electron chi connectivity index (χ2n) is 5.10. The van der Waals surface area contributed by atoms with E-state index in [1.165, 1.54) is 18.5 Å². The van der Waals surface area contributed by atoms with Gasteiger partial charge in [0.05, 0.1) is 0 Å². The van der Waals surface area contributed by atoms with Crippen molar-refractivity contribution in [1.82, 2.24) is 15.2 Å². The molecule has 1 saturated heterocycles. The molecule has 0 saturated carbocycles. The molecule has 100 valence electrons. The standard InChI is InChI=1S/C14H24N4/c1-12(15-2)13-5-6-16-14(11-13)18-8-4-7-17(3)9-10-18/h5-6,11-12,15H,4,7-10H2,1-3H3. The first-order valence-electron chi connectivity index (χ1n) is 6.77. The van der Waals surface area contributed by atoms with Crippen LogP contribution < -0.4 is 10.2 Å². The van der Waals surface area contributed by atoms with Crippen molar-refractivity contribution in [1.29, 1.82) is 0 Å². The first-order valence-corrected chi connectivity index (χ1v) is 6.77. The number of hydrogen-bond acceptors (Lipinski definition) is 4. The molecule has 0 radical (unpaired) electrons.